The van der Waals surface area contributed by atoms with Crippen molar-refractivity contribution in [1.82, 2.24) is 0 Å². The van der Waals surface area contributed by atoms with Gasteiger partial charge in [0.05, 0.1) is 0 Å². The van der Waals surface area contributed by atoms with Crippen LogP contribution in [0.5, 0.6) is 0 Å². The number of carbonyl (C=O) groups is 2. The molecule has 19 heavy (non-hydrogen) atoms. The first-order valence-corrected chi connectivity index (χ1v) is 7.19. The fourth-order valence-electron chi connectivity index (χ4n) is 1.94. The highest BCUT2D eigenvalue weighted by atomic mass is 16.6. The summed E-state index contributed by atoms with van der Waals surface area (Å²) < 4.78 is 5.31. The Kier molecular flexibility index (Phi) is 9.19. The molecular formula is C16H28O3. The number of carbonyl (C=O) groups excluding carboxylic acids is 2. The highest BCUT2D eigenvalue weighted by Crippen LogP contribution is 2.20. The number of esters is 1. The van der Waals surface area contributed by atoms with E-state index in [1.165, 1.54) is 0 Å². The molecule has 0 rings (SSSR count). The molecule has 0 aromatic carbocycles. The minimum atomic E-state index is -0.402. The second-order valence-corrected chi connectivity index (χ2v) is 5.89. The molecule has 3 nitrogen and oxygen atoms in total. The lowest BCUT2D eigenvalue weighted by Gasteiger charge is -2.20. The molecule has 0 amide bonds. The molecular weight excluding hydrogens is 240 g/mol. The van der Waals surface area contributed by atoms with Crippen LogP contribution in [0.3, 0.4) is 0 Å². The Hall–Kier alpha value is -1.12. The summed E-state index contributed by atoms with van der Waals surface area (Å²) in [6.07, 6.45) is 9.79. The molecule has 0 aliphatic carbocycles. The summed E-state index contributed by atoms with van der Waals surface area (Å²) >= 11 is 0. The molecule has 0 bridgehead atoms. The summed E-state index contributed by atoms with van der Waals surface area (Å²) in [5.74, 6) is 0.380. The third kappa shape index (κ3) is 11.7. The topological polar surface area (TPSA) is 43.4 Å². The van der Waals surface area contributed by atoms with Crippen molar-refractivity contribution < 1.29 is 14.3 Å². The lowest BCUT2D eigenvalue weighted by molar-refractivity contribution is -0.155. The molecule has 0 aromatic rings. The van der Waals surface area contributed by atoms with Gasteiger partial charge in [-0.1, -0.05) is 31.9 Å². The summed E-state index contributed by atoms with van der Waals surface area (Å²) in [6.45, 7) is 7.80. The van der Waals surface area contributed by atoms with E-state index < -0.39 is 5.60 Å². The molecule has 0 fully saturated rings. The Morgan fingerprint density at radius 3 is 2.42 bits per heavy atom. The predicted octanol–water partition coefficient (Wildman–Crippen LogP) is 4.06. The molecule has 0 saturated carbocycles. The van der Waals surface area contributed by atoms with E-state index in [0.717, 1.165) is 32.0 Å². The van der Waals surface area contributed by atoms with Crippen LogP contribution in [0, 0.1) is 5.92 Å². The average Bonchev–Trinajstić information content (AvgIpc) is 2.29. The quantitative estimate of drug-likeness (QED) is 0.360. The van der Waals surface area contributed by atoms with Gasteiger partial charge in [0.2, 0.25) is 0 Å². The van der Waals surface area contributed by atoms with E-state index in [9.17, 15) is 9.59 Å². The first kappa shape index (κ1) is 17.9. The van der Waals surface area contributed by atoms with E-state index in [1.807, 2.05) is 32.9 Å². The first-order chi connectivity index (χ1) is 8.89. The SMILES string of the molecule is CCCC(CC=CCC=O)CCC(=O)OC(C)(C)C. The Morgan fingerprint density at radius 1 is 1.21 bits per heavy atom. The number of rotatable bonds is 9. The molecule has 0 aliphatic heterocycles. The number of allylic oxidation sites excluding steroid dienone is 2. The molecule has 0 aromatic heterocycles. The second-order valence-electron chi connectivity index (χ2n) is 5.89. The van der Waals surface area contributed by atoms with Crippen LogP contribution in [0.2, 0.25) is 0 Å². The zero-order valence-electron chi connectivity index (χ0n) is 12.8. The number of ether oxygens (including phenoxy) is 1. The molecule has 3 heteroatoms. The monoisotopic (exact) mass is 268 g/mol. The van der Waals surface area contributed by atoms with Crippen LogP contribution in [-0.4, -0.2) is 17.9 Å². The summed E-state index contributed by atoms with van der Waals surface area (Å²) in [4.78, 5) is 21.9. The van der Waals surface area contributed by atoms with Crippen LogP contribution in [-0.2, 0) is 14.3 Å². The summed E-state index contributed by atoms with van der Waals surface area (Å²) in [5, 5.41) is 0. The van der Waals surface area contributed by atoms with Gasteiger partial charge in [-0.3, -0.25) is 4.79 Å². The second kappa shape index (κ2) is 9.76. The lowest BCUT2D eigenvalue weighted by Crippen LogP contribution is -2.24. The van der Waals surface area contributed by atoms with E-state index >= 15 is 0 Å². The van der Waals surface area contributed by atoms with E-state index in [4.69, 9.17) is 4.74 Å². The van der Waals surface area contributed by atoms with Crippen LogP contribution in [0.15, 0.2) is 12.2 Å². The molecule has 0 spiro atoms. The molecule has 0 saturated heterocycles. The molecule has 0 N–H and O–H groups in total. The zero-order valence-corrected chi connectivity index (χ0v) is 12.8. The maximum atomic E-state index is 11.7. The standard InChI is InChI=1S/C16H28O3/c1-5-9-14(10-7-6-8-13-17)11-12-15(18)19-16(2,3)4/h6-7,13-14H,5,8-12H2,1-4H3. The number of aldehydes is 1. The third-order valence-corrected chi connectivity index (χ3v) is 2.74. The van der Waals surface area contributed by atoms with Crippen molar-refractivity contribution in [1.29, 1.82) is 0 Å². The van der Waals surface area contributed by atoms with Crippen LogP contribution >= 0.6 is 0 Å². The third-order valence-electron chi connectivity index (χ3n) is 2.74. The van der Waals surface area contributed by atoms with Gasteiger partial charge in [0.1, 0.15) is 11.9 Å². The average molecular weight is 268 g/mol. The van der Waals surface area contributed by atoms with Crippen LogP contribution in [0.1, 0.15) is 66.2 Å². The molecule has 0 aliphatic rings. The van der Waals surface area contributed by atoms with Gasteiger partial charge in [-0.15, -0.1) is 0 Å². The van der Waals surface area contributed by atoms with E-state index in [2.05, 4.69) is 6.92 Å². The highest BCUT2D eigenvalue weighted by Gasteiger charge is 2.17. The minimum absolute atomic E-state index is 0.120. The summed E-state index contributed by atoms with van der Waals surface area (Å²) in [6, 6.07) is 0. The van der Waals surface area contributed by atoms with Gasteiger partial charge < -0.3 is 9.53 Å². The fourth-order valence-corrected chi connectivity index (χ4v) is 1.94. The molecule has 1 atom stereocenters. The Bertz CT molecular complexity index is 287. The maximum Gasteiger partial charge on any atom is 0.306 e. The minimum Gasteiger partial charge on any atom is -0.460 e. The van der Waals surface area contributed by atoms with Crippen LogP contribution < -0.4 is 0 Å². The van der Waals surface area contributed by atoms with Crippen LogP contribution in [0.4, 0.5) is 0 Å². The Labute approximate surface area is 117 Å². The Balaban J connectivity index is 4.06. The molecule has 1 unspecified atom stereocenters. The lowest BCUT2D eigenvalue weighted by atomic mass is 9.94. The van der Waals surface area contributed by atoms with Gasteiger partial charge in [-0.2, -0.15) is 0 Å². The molecule has 110 valence electrons. The van der Waals surface area contributed by atoms with Crippen molar-refractivity contribution in [3.63, 3.8) is 0 Å². The van der Waals surface area contributed by atoms with Gasteiger partial charge in [0, 0.05) is 12.8 Å². The van der Waals surface area contributed by atoms with Crippen molar-refractivity contribution in [2.75, 3.05) is 0 Å². The van der Waals surface area contributed by atoms with Gasteiger partial charge in [0.25, 0.3) is 0 Å². The van der Waals surface area contributed by atoms with E-state index in [1.54, 1.807) is 0 Å². The van der Waals surface area contributed by atoms with Gasteiger partial charge >= 0.3 is 5.97 Å². The van der Waals surface area contributed by atoms with E-state index in [0.29, 0.717) is 18.8 Å². The van der Waals surface area contributed by atoms with Gasteiger partial charge in [-0.05, 0) is 39.5 Å². The highest BCUT2D eigenvalue weighted by molar-refractivity contribution is 5.69. The van der Waals surface area contributed by atoms with Crippen molar-refractivity contribution in [3.05, 3.63) is 12.2 Å². The van der Waals surface area contributed by atoms with Crippen molar-refractivity contribution >= 4 is 12.3 Å². The molecule has 0 heterocycles. The smallest absolute Gasteiger partial charge is 0.306 e. The largest absolute Gasteiger partial charge is 0.460 e. The van der Waals surface area contributed by atoms with Crippen LogP contribution in [0.25, 0.3) is 0 Å². The van der Waals surface area contributed by atoms with Gasteiger partial charge in [0.15, 0.2) is 0 Å². The first-order valence-electron chi connectivity index (χ1n) is 7.19. The summed E-state index contributed by atoms with van der Waals surface area (Å²) in [5.41, 5.74) is -0.402. The van der Waals surface area contributed by atoms with Gasteiger partial charge in [-0.25, -0.2) is 0 Å². The summed E-state index contributed by atoms with van der Waals surface area (Å²) in [7, 11) is 0. The molecule has 0 radical (unpaired) electrons. The normalized spacial score (nSPS) is 13.5. The van der Waals surface area contributed by atoms with Crippen molar-refractivity contribution in [3.8, 4) is 0 Å². The predicted molar refractivity (Wildman–Crippen MR) is 77.9 cm³/mol. The number of hydrogen-bond acceptors (Lipinski definition) is 3. The van der Waals surface area contributed by atoms with E-state index in [-0.39, 0.29) is 5.97 Å². The van der Waals surface area contributed by atoms with Crippen molar-refractivity contribution in [2.45, 2.75) is 71.8 Å². The Morgan fingerprint density at radius 2 is 1.89 bits per heavy atom. The number of hydrogen-bond donors (Lipinski definition) is 0. The van der Waals surface area contributed by atoms with Crippen molar-refractivity contribution in [2.24, 2.45) is 5.92 Å². The zero-order chi connectivity index (χ0) is 14.7. The maximum absolute atomic E-state index is 11.7. The fraction of sp³-hybridized carbons (Fsp3) is 0.750.